The fourth-order valence-corrected chi connectivity index (χ4v) is 2.94. The molecule has 1 N–H and O–H groups in total. The van der Waals surface area contributed by atoms with Crippen LogP contribution in [0.15, 0.2) is 30.3 Å². The molecule has 0 atom stereocenters. The third-order valence-electron chi connectivity index (χ3n) is 4.06. The average Bonchev–Trinajstić information content (AvgIpc) is 2.53. The van der Waals surface area contributed by atoms with Crippen molar-refractivity contribution in [1.29, 1.82) is 0 Å². The summed E-state index contributed by atoms with van der Waals surface area (Å²) < 4.78 is 0. The first-order valence-corrected chi connectivity index (χ1v) is 8.11. The van der Waals surface area contributed by atoms with Gasteiger partial charge in [0.15, 0.2) is 0 Å². The van der Waals surface area contributed by atoms with Crippen LogP contribution in [-0.2, 0) is 6.54 Å². The van der Waals surface area contributed by atoms with Gasteiger partial charge in [-0.15, -0.1) is 0 Å². The molecule has 3 rings (SSSR count). The topological polar surface area (TPSA) is 41.0 Å². The van der Waals surface area contributed by atoms with Crippen LogP contribution in [0.3, 0.4) is 0 Å². The summed E-state index contributed by atoms with van der Waals surface area (Å²) in [7, 11) is 0. The minimum Gasteiger partial charge on any atom is -0.366 e. The molecule has 116 valence electrons. The van der Waals surface area contributed by atoms with E-state index in [9.17, 15) is 0 Å². The van der Waals surface area contributed by atoms with Gasteiger partial charge in [0.1, 0.15) is 17.5 Å². The van der Waals surface area contributed by atoms with Gasteiger partial charge in [-0.3, -0.25) is 0 Å². The first kappa shape index (κ1) is 14.8. The van der Waals surface area contributed by atoms with Crippen molar-refractivity contribution in [3.8, 4) is 0 Å². The minimum atomic E-state index is 0.789. The van der Waals surface area contributed by atoms with Crippen LogP contribution >= 0.6 is 0 Å². The molecule has 1 aromatic heterocycles. The van der Waals surface area contributed by atoms with E-state index < -0.39 is 0 Å². The van der Waals surface area contributed by atoms with Gasteiger partial charge in [0.25, 0.3) is 0 Å². The number of anilines is 2. The lowest BCUT2D eigenvalue weighted by Gasteiger charge is -2.28. The van der Waals surface area contributed by atoms with Gasteiger partial charge in [-0.1, -0.05) is 29.8 Å². The van der Waals surface area contributed by atoms with E-state index in [2.05, 4.69) is 57.4 Å². The Morgan fingerprint density at radius 1 is 1.05 bits per heavy atom. The smallest absolute Gasteiger partial charge is 0.134 e. The van der Waals surface area contributed by atoms with Gasteiger partial charge in [0.2, 0.25) is 0 Å². The Morgan fingerprint density at radius 3 is 2.64 bits per heavy atom. The number of piperidine rings is 1. The highest BCUT2D eigenvalue weighted by molar-refractivity contribution is 5.50. The summed E-state index contributed by atoms with van der Waals surface area (Å²) >= 11 is 0. The first-order valence-electron chi connectivity index (χ1n) is 8.11. The monoisotopic (exact) mass is 296 g/mol. The quantitative estimate of drug-likeness (QED) is 0.934. The molecular formula is C18H24N4. The van der Waals surface area contributed by atoms with Gasteiger partial charge in [-0.25, -0.2) is 9.97 Å². The molecule has 1 fully saturated rings. The number of nitrogens with zero attached hydrogens (tertiary/aromatic N) is 3. The van der Waals surface area contributed by atoms with Crippen molar-refractivity contribution in [3.63, 3.8) is 0 Å². The molecule has 1 saturated heterocycles. The van der Waals surface area contributed by atoms with Crippen LogP contribution in [-0.4, -0.2) is 23.1 Å². The lowest BCUT2D eigenvalue weighted by atomic mass is 10.1. The molecule has 0 amide bonds. The summed E-state index contributed by atoms with van der Waals surface area (Å²) in [5.74, 6) is 2.79. The van der Waals surface area contributed by atoms with Gasteiger partial charge >= 0.3 is 0 Å². The molecule has 0 radical (unpaired) electrons. The molecular weight excluding hydrogens is 272 g/mol. The minimum absolute atomic E-state index is 0.789. The van der Waals surface area contributed by atoms with Crippen LogP contribution < -0.4 is 10.2 Å². The fraction of sp³-hybridized carbons (Fsp3) is 0.444. The summed E-state index contributed by atoms with van der Waals surface area (Å²) in [6, 6.07) is 10.6. The van der Waals surface area contributed by atoms with Crippen LogP contribution in [0.25, 0.3) is 0 Å². The Hall–Kier alpha value is -2.10. The van der Waals surface area contributed by atoms with Gasteiger partial charge in [-0.05, 0) is 38.7 Å². The molecule has 2 aromatic rings. The molecule has 4 heteroatoms. The molecule has 0 saturated carbocycles. The molecule has 0 unspecified atom stereocenters. The van der Waals surface area contributed by atoms with Gasteiger partial charge < -0.3 is 10.2 Å². The van der Waals surface area contributed by atoms with Crippen molar-refractivity contribution in [2.45, 2.75) is 39.7 Å². The maximum absolute atomic E-state index is 4.60. The van der Waals surface area contributed by atoms with E-state index in [1.807, 2.05) is 6.92 Å². The maximum atomic E-state index is 4.60. The molecule has 2 heterocycles. The number of aromatic nitrogens is 2. The molecule has 22 heavy (non-hydrogen) atoms. The Bertz CT molecular complexity index is 633. The van der Waals surface area contributed by atoms with Crippen molar-refractivity contribution in [2.24, 2.45) is 0 Å². The SMILES string of the molecule is Cc1cccc(CNc2cc(N3CCCCC3)nc(C)n2)c1. The summed E-state index contributed by atoms with van der Waals surface area (Å²) in [6.07, 6.45) is 3.85. The van der Waals surface area contributed by atoms with E-state index in [1.54, 1.807) is 0 Å². The third-order valence-corrected chi connectivity index (χ3v) is 4.06. The van der Waals surface area contributed by atoms with Crippen molar-refractivity contribution < 1.29 is 0 Å². The van der Waals surface area contributed by atoms with Crippen LogP contribution in [0, 0.1) is 13.8 Å². The number of hydrogen-bond acceptors (Lipinski definition) is 4. The highest BCUT2D eigenvalue weighted by Crippen LogP contribution is 2.20. The Balaban J connectivity index is 1.71. The van der Waals surface area contributed by atoms with Crippen LogP contribution in [0.4, 0.5) is 11.6 Å². The molecule has 1 aliphatic heterocycles. The average molecular weight is 296 g/mol. The van der Waals surface area contributed by atoms with Gasteiger partial charge in [0, 0.05) is 25.7 Å². The number of aryl methyl sites for hydroxylation is 2. The summed E-state index contributed by atoms with van der Waals surface area (Å²) in [5.41, 5.74) is 2.56. The van der Waals surface area contributed by atoms with E-state index in [4.69, 9.17) is 0 Å². The van der Waals surface area contributed by atoms with E-state index in [-0.39, 0.29) is 0 Å². The number of nitrogens with one attached hydrogen (secondary N) is 1. The maximum Gasteiger partial charge on any atom is 0.134 e. The van der Waals surface area contributed by atoms with Crippen LogP contribution in [0.2, 0.25) is 0 Å². The lowest BCUT2D eigenvalue weighted by Crippen LogP contribution is -2.30. The van der Waals surface area contributed by atoms with E-state index in [1.165, 1.54) is 30.4 Å². The van der Waals surface area contributed by atoms with Crippen molar-refractivity contribution in [2.75, 3.05) is 23.3 Å². The highest BCUT2D eigenvalue weighted by Gasteiger charge is 2.13. The molecule has 1 aliphatic rings. The largest absolute Gasteiger partial charge is 0.366 e. The van der Waals surface area contributed by atoms with E-state index >= 15 is 0 Å². The Kier molecular flexibility index (Phi) is 4.56. The lowest BCUT2D eigenvalue weighted by molar-refractivity contribution is 0.572. The summed E-state index contributed by atoms with van der Waals surface area (Å²) in [4.78, 5) is 11.5. The predicted octanol–water partition coefficient (Wildman–Crippen LogP) is 3.70. The highest BCUT2D eigenvalue weighted by atomic mass is 15.2. The van der Waals surface area contributed by atoms with Crippen LogP contribution in [0.1, 0.15) is 36.2 Å². The van der Waals surface area contributed by atoms with E-state index in [0.29, 0.717) is 0 Å². The zero-order valence-corrected chi connectivity index (χ0v) is 13.5. The molecule has 0 spiro atoms. The fourth-order valence-electron chi connectivity index (χ4n) is 2.94. The Morgan fingerprint density at radius 2 is 1.86 bits per heavy atom. The van der Waals surface area contributed by atoms with Crippen molar-refractivity contribution >= 4 is 11.6 Å². The second-order valence-corrected chi connectivity index (χ2v) is 6.05. The van der Waals surface area contributed by atoms with E-state index in [0.717, 1.165) is 37.1 Å². The number of benzene rings is 1. The van der Waals surface area contributed by atoms with Crippen LogP contribution in [0.5, 0.6) is 0 Å². The first-order chi connectivity index (χ1) is 10.7. The van der Waals surface area contributed by atoms with Gasteiger partial charge in [-0.2, -0.15) is 0 Å². The second kappa shape index (κ2) is 6.77. The third kappa shape index (κ3) is 3.75. The zero-order valence-electron chi connectivity index (χ0n) is 13.5. The molecule has 0 aliphatic carbocycles. The second-order valence-electron chi connectivity index (χ2n) is 6.05. The van der Waals surface area contributed by atoms with Crippen molar-refractivity contribution in [3.05, 3.63) is 47.3 Å². The molecule has 0 bridgehead atoms. The predicted molar refractivity (Wildman–Crippen MR) is 91.3 cm³/mol. The zero-order chi connectivity index (χ0) is 15.4. The number of hydrogen-bond donors (Lipinski definition) is 1. The van der Waals surface area contributed by atoms with Crippen molar-refractivity contribution in [1.82, 2.24) is 9.97 Å². The standard InChI is InChI=1S/C18H24N4/c1-14-7-6-8-16(11-14)13-19-17-12-18(21-15(2)20-17)22-9-4-3-5-10-22/h6-8,11-12H,3-5,9-10,13H2,1-2H3,(H,19,20,21). The molecule has 1 aromatic carbocycles. The normalized spacial score (nSPS) is 14.9. The number of rotatable bonds is 4. The molecule has 4 nitrogen and oxygen atoms in total. The summed E-state index contributed by atoms with van der Waals surface area (Å²) in [6.45, 7) is 7.08. The van der Waals surface area contributed by atoms with Gasteiger partial charge in [0.05, 0.1) is 0 Å². The summed E-state index contributed by atoms with van der Waals surface area (Å²) in [5, 5.41) is 3.43. The Labute approximate surface area is 132 Å².